The van der Waals surface area contributed by atoms with Gasteiger partial charge >= 0.3 is 0 Å². The fraction of sp³-hybridized carbons (Fsp3) is 1.00. The van der Waals surface area contributed by atoms with E-state index < -0.39 is 0 Å². The highest BCUT2D eigenvalue weighted by Gasteiger charge is 2.08. The highest BCUT2D eigenvalue weighted by Crippen LogP contribution is 1.99. The Morgan fingerprint density at radius 2 is 1.62 bits per heavy atom. The topological polar surface area (TPSA) is 40.0 Å². The summed E-state index contributed by atoms with van der Waals surface area (Å²) in [6.07, 6.45) is 4.51. The standard InChI is InChI=1S/C12H28N4/c1-5-9-13-14-12(8-4)15-16(10-6-2)11-7-3/h12,15H,5-11H2,1-4H3/t12-/m1/s1. The van der Waals surface area contributed by atoms with E-state index in [0.29, 0.717) is 0 Å². The van der Waals surface area contributed by atoms with Crippen LogP contribution in [0.15, 0.2) is 10.2 Å². The fourth-order valence-corrected chi connectivity index (χ4v) is 1.45. The summed E-state index contributed by atoms with van der Waals surface area (Å²) in [4.78, 5) is 0. The van der Waals surface area contributed by atoms with E-state index in [0.717, 1.165) is 45.3 Å². The second-order valence-electron chi connectivity index (χ2n) is 4.02. The van der Waals surface area contributed by atoms with E-state index in [-0.39, 0.29) is 6.17 Å². The molecule has 0 aromatic rings. The van der Waals surface area contributed by atoms with Gasteiger partial charge in [0.1, 0.15) is 6.17 Å². The summed E-state index contributed by atoms with van der Waals surface area (Å²) in [7, 11) is 0. The Bertz CT molecular complexity index is 164. The van der Waals surface area contributed by atoms with Gasteiger partial charge in [0.05, 0.1) is 6.54 Å². The van der Waals surface area contributed by atoms with E-state index in [9.17, 15) is 0 Å². The van der Waals surface area contributed by atoms with Crippen molar-refractivity contribution < 1.29 is 0 Å². The van der Waals surface area contributed by atoms with Crippen LogP contribution >= 0.6 is 0 Å². The molecule has 16 heavy (non-hydrogen) atoms. The lowest BCUT2D eigenvalue weighted by Crippen LogP contribution is -2.44. The average molecular weight is 228 g/mol. The van der Waals surface area contributed by atoms with Gasteiger partial charge < -0.3 is 0 Å². The number of hydrogen-bond donors (Lipinski definition) is 1. The summed E-state index contributed by atoms with van der Waals surface area (Å²) in [6, 6.07) is 0. The van der Waals surface area contributed by atoms with Crippen molar-refractivity contribution in [3.63, 3.8) is 0 Å². The summed E-state index contributed by atoms with van der Waals surface area (Å²) in [6.45, 7) is 11.6. The molecule has 0 saturated heterocycles. The monoisotopic (exact) mass is 228 g/mol. The Labute approximate surface area is 100 Å². The largest absolute Gasteiger partial charge is 0.243 e. The summed E-state index contributed by atoms with van der Waals surface area (Å²) in [5.74, 6) is 0. The predicted octanol–water partition coefficient (Wildman–Crippen LogP) is 3.21. The SMILES string of the molecule is CCCN=N[C@@H](CC)NN(CCC)CCC. The second-order valence-corrected chi connectivity index (χ2v) is 4.02. The third-order valence-corrected chi connectivity index (χ3v) is 2.25. The predicted molar refractivity (Wildman–Crippen MR) is 69.4 cm³/mol. The molecule has 0 spiro atoms. The van der Waals surface area contributed by atoms with E-state index >= 15 is 0 Å². The normalized spacial score (nSPS) is 13.8. The lowest BCUT2D eigenvalue weighted by molar-refractivity contribution is 0.154. The molecule has 0 saturated carbocycles. The lowest BCUT2D eigenvalue weighted by atomic mass is 10.4. The van der Waals surface area contributed by atoms with Crippen molar-refractivity contribution in [2.24, 2.45) is 10.2 Å². The van der Waals surface area contributed by atoms with Gasteiger partial charge in [-0.1, -0.05) is 27.7 Å². The molecule has 0 radical (unpaired) electrons. The number of nitrogens with one attached hydrogen (secondary N) is 1. The van der Waals surface area contributed by atoms with E-state index in [2.05, 4.69) is 48.4 Å². The first-order valence-electron chi connectivity index (χ1n) is 6.66. The second kappa shape index (κ2) is 11.0. The zero-order chi connectivity index (χ0) is 12.2. The molecule has 0 aliphatic heterocycles. The highest BCUT2D eigenvalue weighted by atomic mass is 15.5. The van der Waals surface area contributed by atoms with Crippen molar-refractivity contribution in [2.75, 3.05) is 19.6 Å². The molecule has 1 N–H and O–H groups in total. The molecule has 0 aliphatic rings. The van der Waals surface area contributed by atoms with Gasteiger partial charge in [-0.25, -0.2) is 10.4 Å². The summed E-state index contributed by atoms with van der Waals surface area (Å²) >= 11 is 0. The average Bonchev–Trinajstić information content (AvgIpc) is 2.28. The van der Waals surface area contributed by atoms with E-state index in [4.69, 9.17) is 0 Å². The fourth-order valence-electron chi connectivity index (χ4n) is 1.45. The van der Waals surface area contributed by atoms with Gasteiger partial charge in [-0.15, -0.1) is 0 Å². The van der Waals surface area contributed by atoms with Crippen LogP contribution in [-0.4, -0.2) is 30.8 Å². The molecule has 0 aromatic heterocycles. The molecule has 0 unspecified atom stereocenters. The van der Waals surface area contributed by atoms with Crippen molar-refractivity contribution in [3.8, 4) is 0 Å². The van der Waals surface area contributed by atoms with Crippen LogP contribution in [0.3, 0.4) is 0 Å². The van der Waals surface area contributed by atoms with Crippen molar-refractivity contribution >= 4 is 0 Å². The lowest BCUT2D eigenvalue weighted by Gasteiger charge is -2.25. The van der Waals surface area contributed by atoms with E-state index in [1.807, 2.05) is 0 Å². The van der Waals surface area contributed by atoms with Crippen LogP contribution in [0.25, 0.3) is 0 Å². The smallest absolute Gasteiger partial charge is 0.133 e. The Hall–Kier alpha value is -0.480. The van der Waals surface area contributed by atoms with Crippen molar-refractivity contribution in [1.82, 2.24) is 10.4 Å². The number of rotatable bonds is 10. The van der Waals surface area contributed by atoms with Crippen LogP contribution in [0, 0.1) is 0 Å². The van der Waals surface area contributed by atoms with Gasteiger partial charge in [0, 0.05) is 13.1 Å². The number of nitrogens with zero attached hydrogens (tertiary/aromatic N) is 3. The molecule has 1 atom stereocenters. The zero-order valence-electron chi connectivity index (χ0n) is 11.4. The molecule has 96 valence electrons. The zero-order valence-corrected chi connectivity index (χ0v) is 11.4. The Morgan fingerprint density at radius 1 is 1.00 bits per heavy atom. The Morgan fingerprint density at radius 3 is 2.06 bits per heavy atom. The van der Waals surface area contributed by atoms with Crippen LogP contribution in [0.1, 0.15) is 53.4 Å². The molecular weight excluding hydrogens is 200 g/mol. The van der Waals surface area contributed by atoms with Gasteiger partial charge in [0.15, 0.2) is 0 Å². The minimum absolute atomic E-state index is 0.143. The summed E-state index contributed by atoms with van der Waals surface area (Å²) < 4.78 is 0. The maximum atomic E-state index is 4.31. The Balaban J connectivity index is 4.03. The molecule has 0 heterocycles. The van der Waals surface area contributed by atoms with Gasteiger partial charge in [0.2, 0.25) is 0 Å². The molecule has 4 heteroatoms. The van der Waals surface area contributed by atoms with Crippen LogP contribution in [0.2, 0.25) is 0 Å². The van der Waals surface area contributed by atoms with Crippen LogP contribution in [0.4, 0.5) is 0 Å². The molecule has 4 nitrogen and oxygen atoms in total. The van der Waals surface area contributed by atoms with Crippen molar-refractivity contribution in [3.05, 3.63) is 0 Å². The molecule has 0 rings (SSSR count). The number of hydrogen-bond acceptors (Lipinski definition) is 4. The highest BCUT2D eigenvalue weighted by molar-refractivity contribution is 4.59. The summed E-state index contributed by atoms with van der Waals surface area (Å²) in [5.41, 5.74) is 3.44. The van der Waals surface area contributed by atoms with E-state index in [1.54, 1.807) is 0 Å². The Kier molecular flexibility index (Phi) is 10.7. The van der Waals surface area contributed by atoms with Crippen LogP contribution in [0.5, 0.6) is 0 Å². The first-order chi connectivity index (χ1) is 7.78. The summed E-state index contributed by atoms with van der Waals surface area (Å²) in [5, 5.41) is 10.7. The van der Waals surface area contributed by atoms with Gasteiger partial charge in [0.25, 0.3) is 0 Å². The molecule has 0 bridgehead atoms. The maximum absolute atomic E-state index is 4.31. The van der Waals surface area contributed by atoms with E-state index in [1.165, 1.54) is 0 Å². The van der Waals surface area contributed by atoms with Crippen LogP contribution in [-0.2, 0) is 0 Å². The third-order valence-electron chi connectivity index (χ3n) is 2.25. The van der Waals surface area contributed by atoms with Crippen molar-refractivity contribution in [1.29, 1.82) is 0 Å². The first kappa shape index (κ1) is 15.5. The maximum Gasteiger partial charge on any atom is 0.133 e. The van der Waals surface area contributed by atoms with Gasteiger partial charge in [-0.05, 0) is 25.7 Å². The molecule has 0 aromatic carbocycles. The molecular formula is C12H28N4. The van der Waals surface area contributed by atoms with Gasteiger partial charge in [-0.2, -0.15) is 10.2 Å². The van der Waals surface area contributed by atoms with Gasteiger partial charge in [-0.3, -0.25) is 0 Å². The minimum atomic E-state index is 0.143. The molecule has 0 fully saturated rings. The van der Waals surface area contributed by atoms with Crippen LogP contribution < -0.4 is 5.43 Å². The molecule has 0 amide bonds. The molecule has 0 aliphatic carbocycles. The minimum Gasteiger partial charge on any atom is -0.243 e. The third kappa shape index (κ3) is 7.77. The first-order valence-corrected chi connectivity index (χ1v) is 6.66. The quantitative estimate of drug-likeness (QED) is 0.461. The number of hydrazine groups is 1. The number of azo groups is 1. The van der Waals surface area contributed by atoms with Crippen molar-refractivity contribution in [2.45, 2.75) is 59.5 Å².